The van der Waals surface area contributed by atoms with Crippen LogP contribution in [0.25, 0.3) is 0 Å². The number of anilines is 1. The van der Waals surface area contributed by atoms with Crippen LogP contribution in [0, 0.1) is 6.92 Å². The highest BCUT2D eigenvalue weighted by Gasteiger charge is 2.22. The van der Waals surface area contributed by atoms with Gasteiger partial charge in [-0.25, -0.2) is 0 Å². The Hall–Kier alpha value is -0.740. The van der Waals surface area contributed by atoms with Crippen molar-refractivity contribution in [2.24, 2.45) is 0 Å². The first-order valence-corrected chi connectivity index (χ1v) is 7.13. The smallest absolute Gasteiger partial charge is 0.143 e. The molecule has 4 heteroatoms. The van der Waals surface area contributed by atoms with Gasteiger partial charge in [0.25, 0.3) is 0 Å². The molecule has 1 saturated heterocycles. The lowest BCUT2D eigenvalue weighted by Gasteiger charge is -2.17. The topological polar surface area (TPSA) is 30.5 Å². The number of halogens is 1. The molecular formula is C14H20BrNO2. The van der Waals surface area contributed by atoms with Crippen molar-refractivity contribution in [3.63, 3.8) is 0 Å². The lowest BCUT2D eigenvalue weighted by Crippen LogP contribution is -2.20. The third-order valence-electron chi connectivity index (χ3n) is 3.31. The van der Waals surface area contributed by atoms with Crippen molar-refractivity contribution in [2.45, 2.75) is 38.9 Å². The molecule has 1 N–H and O–H groups in total. The van der Waals surface area contributed by atoms with Crippen molar-refractivity contribution >= 4 is 21.6 Å². The zero-order chi connectivity index (χ0) is 13.1. The Morgan fingerprint density at radius 3 is 2.83 bits per heavy atom. The Kier molecular flexibility index (Phi) is 4.51. The fraction of sp³-hybridized carbons (Fsp3) is 0.571. The maximum Gasteiger partial charge on any atom is 0.143 e. The van der Waals surface area contributed by atoms with Gasteiger partial charge in [0, 0.05) is 11.0 Å². The average molecular weight is 314 g/mol. The van der Waals surface area contributed by atoms with E-state index in [0.717, 1.165) is 35.3 Å². The molecular weight excluding hydrogens is 294 g/mol. The fourth-order valence-corrected chi connectivity index (χ4v) is 2.90. The molecule has 0 aliphatic carbocycles. The largest absolute Gasteiger partial charge is 0.495 e. The maximum absolute atomic E-state index is 5.81. The van der Waals surface area contributed by atoms with Gasteiger partial charge in [-0.1, -0.05) is 15.9 Å². The van der Waals surface area contributed by atoms with Crippen molar-refractivity contribution in [3.05, 3.63) is 22.2 Å². The lowest BCUT2D eigenvalue weighted by molar-refractivity contribution is 0.0636. The first-order valence-electron chi connectivity index (χ1n) is 6.33. The summed E-state index contributed by atoms with van der Waals surface area (Å²) in [5.41, 5.74) is 2.23. The van der Waals surface area contributed by atoms with Crippen LogP contribution in [-0.2, 0) is 4.74 Å². The molecule has 2 atom stereocenters. The van der Waals surface area contributed by atoms with Gasteiger partial charge < -0.3 is 14.8 Å². The van der Waals surface area contributed by atoms with Crippen molar-refractivity contribution in [1.82, 2.24) is 0 Å². The normalized spacial score (nSPS) is 23.1. The molecule has 0 saturated carbocycles. The summed E-state index contributed by atoms with van der Waals surface area (Å²) >= 11 is 3.48. The molecule has 0 bridgehead atoms. The van der Waals surface area contributed by atoms with Gasteiger partial charge in [0.1, 0.15) is 5.75 Å². The molecule has 0 radical (unpaired) electrons. The molecule has 1 aromatic carbocycles. The van der Waals surface area contributed by atoms with Crippen molar-refractivity contribution in [2.75, 3.05) is 19.0 Å². The second-order valence-electron chi connectivity index (χ2n) is 4.83. The number of rotatable bonds is 4. The number of methoxy groups -OCH3 is 1. The quantitative estimate of drug-likeness (QED) is 0.918. The van der Waals surface area contributed by atoms with Gasteiger partial charge in [-0.3, -0.25) is 0 Å². The third kappa shape index (κ3) is 3.18. The second kappa shape index (κ2) is 5.93. The predicted octanol–water partition coefficient (Wildman–Crippen LogP) is 3.75. The summed E-state index contributed by atoms with van der Waals surface area (Å²) in [5, 5.41) is 3.45. The Morgan fingerprint density at radius 2 is 2.22 bits per heavy atom. The van der Waals surface area contributed by atoms with E-state index in [0.29, 0.717) is 12.2 Å². The van der Waals surface area contributed by atoms with E-state index in [1.807, 2.05) is 6.07 Å². The van der Waals surface area contributed by atoms with Gasteiger partial charge in [-0.05, 0) is 44.4 Å². The minimum atomic E-state index is 0.313. The van der Waals surface area contributed by atoms with E-state index in [1.165, 1.54) is 5.56 Å². The molecule has 2 rings (SSSR count). The third-order valence-corrected chi connectivity index (χ3v) is 3.77. The SMILES string of the molecule is COc1cc(Br)cc(C)c1NCC1CCC(C)O1. The van der Waals surface area contributed by atoms with Crippen LogP contribution in [0.15, 0.2) is 16.6 Å². The summed E-state index contributed by atoms with van der Waals surface area (Å²) in [4.78, 5) is 0. The van der Waals surface area contributed by atoms with Gasteiger partial charge in [-0.15, -0.1) is 0 Å². The number of hydrogen-bond acceptors (Lipinski definition) is 3. The highest BCUT2D eigenvalue weighted by molar-refractivity contribution is 9.10. The van der Waals surface area contributed by atoms with Gasteiger partial charge in [0.05, 0.1) is 25.0 Å². The van der Waals surface area contributed by atoms with E-state index in [4.69, 9.17) is 9.47 Å². The van der Waals surface area contributed by atoms with Gasteiger partial charge >= 0.3 is 0 Å². The summed E-state index contributed by atoms with van der Waals surface area (Å²) in [5.74, 6) is 0.868. The number of nitrogens with one attached hydrogen (secondary N) is 1. The van der Waals surface area contributed by atoms with Gasteiger partial charge in [-0.2, -0.15) is 0 Å². The highest BCUT2D eigenvalue weighted by atomic mass is 79.9. The van der Waals surface area contributed by atoms with Crippen LogP contribution in [0.4, 0.5) is 5.69 Å². The van der Waals surface area contributed by atoms with Crippen LogP contribution in [0.2, 0.25) is 0 Å². The number of aryl methyl sites for hydroxylation is 1. The van der Waals surface area contributed by atoms with E-state index < -0.39 is 0 Å². The average Bonchev–Trinajstić information content (AvgIpc) is 2.73. The molecule has 1 heterocycles. The molecule has 1 fully saturated rings. The Balaban J connectivity index is 2.04. The molecule has 2 unspecified atom stereocenters. The maximum atomic E-state index is 5.81. The van der Waals surface area contributed by atoms with Crippen LogP contribution >= 0.6 is 15.9 Å². The Morgan fingerprint density at radius 1 is 1.44 bits per heavy atom. The van der Waals surface area contributed by atoms with E-state index in [9.17, 15) is 0 Å². The standard InChI is InChI=1S/C14H20BrNO2/c1-9-6-11(15)7-13(17-3)14(9)16-8-12-5-4-10(2)18-12/h6-7,10,12,16H,4-5,8H2,1-3H3. The van der Waals surface area contributed by atoms with E-state index >= 15 is 0 Å². The number of ether oxygens (including phenoxy) is 2. The van der Waals surface area contributed by atoms with E-state index in [2.05, 4.69) is 41.2 Å². The van der Waals surface area contributed by atoms with Gasteiger partial charge in [0.2, 0.25) is 0 Å². The fourth-order valence-electron chi connectivity index (χ4n) is 2.35. The monoisotopic (exact) mass is 313 g/mol. The molecule has 1 aromatic rings. The van der Waals surface area contributed by atoms with Crippen LogP contribution in [0.5, 0.6) is 5.75 Å². The summed E-state index contributed by atoms with van der Waals surface area (Å²) in [6.45, 7) is 5.04. The summed E-state index contributed by atoms with van der Waals surface area (Å²) in [6, 6.07) is 4.07. The van der Waals surface area contributed by atoms with Crippen LogP contribution in [0.3, 0.4) is 0 Å². The van der Waals surface area contributed by atoms with Crippen LogP contribution in [0.1, 0.15) is 25.3 Å². The summed E-state index contributed by atoms with van der Waals surface area (Å²) < 4.78 is 12.3. The summed E-state index contributed by atoms with van der Waals surface area (Å²) in [7, 11) is 1.69. The van der Waals surface area contributed by atoms with Crippen LogP contribution < -0.4 is 10.1 Å². The number of benzene rings is 1. The first-order chi connectivity index (χ1) is 8.60. The minimum absolute atomic E-state index is 0.313. The molecule has 1 aliphatic heterocycles. The zero-order valence-corrected chi connectivity index (χ0v) is 12.7. The first kappa shape index (κ1) is 13.7. The Labute approximate surface area is 117 Å². The molecule has 18 heavy (non-hydrogen) atoms. The number of hydrogen-bond donors (Lipinski definition) is 1. The molecule has 100 valence electrons. The molecule has 0 aromatic heterocycles. The molecule has 0 amide bonds. The van der Waals surface area contributed by atoms with Crippen molar-refractivity contribution in [1.29, 1.82) is 0 Å². The molecule has 3 nitrogen and oxygen atoms in total. The van der Waals surface area contributed by atoms with Crippen molar-refractivity contribution < 1.29 is 9.47 Å². The van der Waals surface area contributed by atoms with E-state index in [-0.39, 0.29) is 0 Å². The predicted molar refractivity (Wildman–Crippen MR) is 77.5 cm³/mol. The minimum Gasteiger partial charge on any atom is -0.495 e. The Bertz CT molecular complexity index is 423. The molecule has 1 aliphatic rings. The zero-order valence-electron chi connectivity index (χ0n) is 11.1. The van der Waals surface area contributed by atoms with Crippen molar-refractivity contribution in [3.8, 4) is 5.75 Å². The van der Waals surface area contributed by atoms with Crippen LogP contribution in [-0.4, -0.2) is 25.9 Å². The summed E-state index contributed by atoms with van der Waals surface area (Å²) in [6.07, 6.45) is 2.99. The van der Waals surface area contributed by atoms with Gasteiger partial charge in [0.15, 0.2) is 0 Å². The molecule has 0 spiro atoms. The highest BCUT2D eigenvalue weighted by Crippen LogP contribution is 2.32. The second-order valence-corrected chi connectivity index (χ2v) is 5.74. The lowest BCUT2D eigenvalue weighted by atomic mass is 10.1. The van der Waals surface area contributed by atoms with E-state index in [1.54, 1.807) is 7.11 Å².